The van der Waals surface area contributed by atoms with Gasteiger partial charge in [-0.2, -0.15) is 4.98 Å². The van der Waals surface area contributed by atoms with Crippen molar-refractivity contribution in [3.63, 3.8) is 0 Å². The molecule has 1 aromatic carbocycles. The lowest BCUT2D eigenvalue weighted by molar-refractivity contribution is 0.0697. The zero-order valence-corrected chi connectivity index (χ0v) is 10.5. The van der Waals surface area contributed by atoms with Gasteiger partial charge in [-0.15, -0.1) is 0 Å². The van der Waals surface area contributed by atoms with Crippen molar-refractivity contribution >= 4 is 5.97 Å². The van der Waals surface area contributed by atoms with E-state index in [2.05, 4.69) is 10.1 Å². The van der Waals surface area contributed by atoms with E-state index in [1.165, 1.54) is 12.3 Å². The Balaban J connectivity index is 2.07. The van der Waals surface area contributed by atoms with Crippen LogP contribution in [-0.2, 0) is 0 Å². The molecule has 0 bridgehead atoms. The van der Waals surface area contributed by atoms with Crippen LogP contribution < -0.4 is 0 Å². The molecule has 0 amide bonds. The van der Waals surface area contributed by atoms with E-state index in [0.717, 1.165) is 0 Å². The van der Waals surface area contributed by atoms with Gasteiger partial charge in [0.25, 0.3) is 5.89 Å². The third kappa shape index (κ3) is 1.97. The summed E-state index contributed by atoms with van der Waals surface area (Å²) in [5, 5.41) is 13.0. The van der Waals surface area contributed by atoms with Crippen molar-refractivity contribution < 1.29 is 18.8 Å². The molecule has 0 aliphatic carbocycles. The molecule has 1 N–H and O–H groups in total. The summed E-state index contributed by atoms with van der Waals surface area (Å²) in [6.07, 6.45) is 1.53. The molecule has 0 saturated heterocycles. The van der Waals surface area contributed by atoms with Crippen LogP contribution in [0.15, 0.2) is 45.5 Å². The minimum Gasteiger partial charge on any atom is -0.478 e. The van der Waals surface area contributed by atoms with Crippen LogP contribution in [0.3, 0.4) is 0 Å². The maximum absolute atomic E-state index is 11.2. The van der Waals surface area contributed by atoms with Gasteiger partial charge in [0.05, 0.1) is 23.0 Å². The number of rotatable bonds is 3. The predicted octanol–water partition coefficient (Wildman–Crippen LogP) is 3.00. The number of hydrogen-bond donors (Lipinski definition) is 1. The molecule has 2 heterocycles. The summed E-state index contributed by atoms with van der Waals surface area (Å²) in [7, 11) is 0. The number of hydrogen-bond acceptors (Lipinski definition) is 5. The van der Waals surface area contributed by atoms with E-state index in [1.54, 1.807) is 31.2 Å². The molecule has 0 radical (unpaired) electrons. The molecular formula is C14H10N2O4. The molecule has 0 unspecified atom stereocenters. The quantitative estimate of drug-likeness (QED) is 0.786. The first-order valence-corrected chi connectivity index (χ1v) is 5.87. The third-order valence-corrected chi connectivity index (χ3v) is 2.91. The molecule has 0 aliphatic rings. The molecule has 20 heavy (non-hydrogen) atoms. The number of carboxylic acid groups (broad SMARTS) is 1. The Labute approximate surface area is 113 Å². The van der Waals surface area contributed by atoms with Crippen LogP contribution in [0.25, 0.3) is 22.8 Å². The fourth-order valence-electron chi connectivity index (χ4n) is 1.92. The SMILES string of the molecule is Cc1occc1-c1noc(-c2ccccc2C(=O)O)n1. The normalized spacial score (nSPS) is 10.7. The molecule has 0 saturated carbocycles. The van der Waals surface area contributed by atoms with Gasteiger partial charge >= 0.3 is 5.97 Å². The van der Waals surface area contributed by atoms with Crippen LogP contribution in [0.1, 0.15) is 16.1 Å². The minimum absolute atomic E-state index is 0.117. The van der Waals surface area contributed by atoms with Crippen molar-refractivity contribution in [3.05, 3.63) is 47.9 Å². The maximum Gasteiger partial charge on any atom is 0.336 e. The highest BCUT2D eigenvalue weighted by Gasteiger charge is 2.18. The first-order valence-electron chi connectivity index (χ1n) is 5.87. The minimum atomic E-state index is -1.04. The highest BCUT2D eigenvalue weighted by atomic mass is 16.5. The molecular weight excluding hydrogens is 260 g/mol. The molecule has 3 aromatic rings. The Kier molecular flexibility index (Phi) is 2.83. The van der Waals surface area contributed by atoms with Crippen LogP contribution in [0.2, 0.25) is 0 Å². The van der Waals surface area contributed by atoms with Crippen molar-refractivity contribution in [2.24, 2.45) is 0 Å². The average Bonchev–Trinajstić information content (AvgIpc) is 3.07. The molecule has 0 fully saturated rings. The monoisotopic (exact) mass is 270 g/mol. The topological polar surface area (TPSA) is 89.4 Å². The van der Waals surface area contributed by atoms with E-state index < -0.39 is 5.97 Å². The summed E-state index contributed by atoms with van der Waals surface area (Å²) in [6, 6.07) is 8.21. The Morgan fingerprint density at radius 3 is 2.70 bits per heavy atom. The lowest BCUT2D eigenvalue weighted by Crippen LogP contribution is -1.99. The van der Waals surface area contributed by atoms with Crippen molar-refractivity contribution in [1.29, 1.82) is 0 Å². The van der Waals surface area contributed by atoms with Crippen LogP contribution in [0.4, 0.5) is 0 Å². The maximum atomic E-state index is 11.2. The number of benzene rings is 1. The van der Waals surface area contributed by atoms with E-state index in [-0.39, 0.29) is 11.5 Å². The summed E-state index contributed by atoms with van der Waals surface area (Å²) in [4.78, 5) is 15.4. The lowest BCUT2D eigenvalue weighted by Gasteiger charge is -1.99. The van der Waals surface area contributed by atoms with E-state index >= 15 is 0 Å². The smallest absolute Gasteiger partial charge is 0.336 e. The van der Waals surface area contributed by atoms with Gasteiger partial charge < -0.3 is 14.0 Å². The summed E-state index contributed by atoms with van der Waals surface area (Å²) < 4.78 is 10.3. The van der Waals surface area contributed by atoms with Gasteiger partial charge in [0.15, 0.2) is 0 Å². The highest BCUT2D eigenvalue weighted by Crippen LogP contribution is 2.27. The average molecular weight is 270 g/mol. The second-order valence-corrected chi connectivity index (χ2v) is 4.16. The number of furan rings is 1. The van der Waals surface area contributed by atoms with E-state index in [9.17, 15) is 4.79 Å². The predicted molar refractivity (Wildman–Crippen MR) is 69.1 cm³/mol. The second-order valence-electron chi connectivity index (χ2n) is 4.16. The van der Waals surface area contributed by atoms with Gasteiger partial charge in [0.1, 0.15) is 5.76 Å². The highest BCUT2D eigenvalue weighted by molar-refractivity contribution is 5.94. The third-order valence-electron chi connectivity index (χ3n) is 2.91. The van der Waals surface area contributed by atoms with Gasteiger partial charge in [-0.1, -0.05) is 17.3 Å². The van der Waals surface area contributed by atoms with Crippen LogP contribution in [-0.4, -0.2) is 21.2 Å². The van der Waals surface area contributed by atoms with Crippen LogP contribution in [0.5, 0.6) is 0 Å². The van der Waals surface area contributed by atoms with Gasteiger partial charge in [-0.3, -0.25) is 0 Å². The number of aromatic nitrogens is 2. The first kappa shape index (κ1) is 12.2. The Bertz CT molecular complexity index is 773. The molecule has 3 rings (SSSR count). The fourth-order valence-corrected chi connectivity index (χ4v) is 1.92. The summed E-state index contributed by atoms with van der Waals surface area (Å²) in [5.41, 5.74) is 1.22. The van der Waals surface area contributed by atoms with Gasteiger partial charge in [0.2, 0.25) is 5.82 Å². The van der Waals surface area contributed by atoms with Crippen molar-refractivity contribution in [3.8, 4) is 22.8 Å². The molecule has 2 aromatic heterocycles. The Hall–Kier alpha value is -2.89. The number of carbonyl (C=O) groups is 1. The van der Waals surface area contributed by atoms with Crippen molar-refractivity contribution in [1.82, 2.24) is 10.1 Å². The number of carboxylic acids is 1. The van der Waals surface area contributed by atoms with E-state index in [0.29, 0.717) is 22.7 Å². The molecule has 0 atom stereocenters. The summed E-state index contributed by atoms with van der Waals surface area (Å²) in [6.45, 7) is 1.79. The van der Waals surface area contributed by atoms with Gasteiger partial charge in [0, 0.05) is 0 Å². The Morgan fingerprint density at radius 1 is 1.20 bits per heavy atom. The molecule has 6 heteroatoms. The van der Waals surface area contributed by atoms with Crippen molar-refractivity contribution in [2.75, 3.05) is 0 Å². The van der Waals surface area contributed by atoms with Crippen LogP contribution in [0, 0.1) is 6.92 Å². The Morgan fingerprint density at radius 2 is 2.00 bits per heavy atom. The summed E-state index contributed by atoms with van der Waals surface area (Å²) >= 11 is 0. The lowest BCUT2D eigenvalue weighted by atomic mass is 10.1. The summed E-state index contributed by atoms with van der Waals surface area (Å²) in [5.74, 6) is 0.161. The number of aryl methyl sites for hydroxylation is 1. The number of aromatic carboxylic acids is 1. The first-order chi connectivity index (χ1) is 9.66. The van der Waals surface area contributed by atoms with E-state index in [4.69, 9.17) is 14.0 Å². The molecule has 0 aliphatic heterocycles. The zero-order chi connectivity index (χ0) is 14.1. The number of nitrogens with zero attached hydrogens (tertiary/aromatic N) is 2. The van der Waals surface area contributed by atoms with Crippen molar-refractivity contribution in [2.45, 2.75) is 6.92 Å². The van der Waals surface area contributed by atoms with Gasteiger partial charge in [-0.05, 0) is 25.1 Å². The fraction of sp³-hybridized carbons (Fsp3) is 0.0714. The molecule has 0 spiro atoms. The molecule has 6 nitrogen and oxygen atoms in total. The largest absolute Gasteiger partial charge is 0.478 e. The zero-order valence-electron chi connectivity index (χ0n) is 10.5. The standard InChI is InChI=1S/C14H10N2O4/c1-8-9(6-7-19-8)12-15-13(20-16-12)10-4-2-3-5-11(10)14(17)18/h2-7H,1H3,(H,17,18). The second kappa shape index (κ2) is 4.65. The molecule has 100 valence electrons. The van der Waals surface area contributed by atoms with E-state index in [1.807, 2.05) is 0 Å². The van der Waals surface area contributed by atoms with Gasteiger partial charge in [-0.25, -0.2) is 4.79 Å². The van der Waals surface area contributed by atoms with Crippen LogP contribution >= 0.6 is 0 Å².